The van der Waals surface area contributed by atoms with Gasteiger partial charge in [-0.05, 0) is 55.6 Å². The summed E-state index contributed by atoms with van der Waals surface area (Å²) >= 11 is 6.36. The van der Waals surface area contributed by atoms with Gasteiger partial charge in [0.05, 0.1) is 10.5 Å². The zero-order valence-electron chi connectivity index (χ0n) is 18.4. The fraction of sp³-hybridized carbons (Fsp3) is 0.200. The van der Waals surface area contributed by atoms with Crippen LogP contribution in [-0.4, -0.2) is 42.6 Å². The van der Waals surface area contributed by atoms with Crippen molar-refractivity contribution in [1.82, 2.24) is 9.47 Å². The highest BCUT2D eigenvalue weighted by atomic mass is 35.5. The summed E-state index contributed by atoms with van der Waals surface area (Å²) in [5.41, 5.74) is 3.65. The summed E-state index contributed by atoms with van der Waals surface area (Å²) in [5.74, 6) is -0.343. The van der Waals surface area contributed by atoms with Gasteiger partial charge >= 0.3 is 5.76 Å². The third-order valence-corrected chi connectivity index (χ3v) is 5.42. The predicted octanol–water partition coefficient (Wildman–Crippen LogP) is 4.49. The summed E-state index contributed by atoms with van der Waals surface area (Å²) in [5, 5.41) is 3.21. The van der Waals surface area contributed by atoms with Gasteiger partial charge in [-0.2, -0.15) is 0 Å². The van der Waals surface area contributed by atoms with Crippen molar-refractivity contribution in [1.29, 1.82) is 0 Å². The number of anilines is 1. The van der Waals surface area contributed by atoms with E-state index in [0.29, 0.717) is 40.6 Å². The Kier molecular flexibility index (Phi) is 6.82. The van der Waals surface area contributed by atoms with Crippen LogP contribution in [0, 0.1) is 0 Å². The molecule has 1 aromatic heterocycles. The largest absolute Gasteiger partial charge is 0.482 e. The molecule has 0 saturated heterocycles. The van der Waals surface area contributed by atoms with E-state index in [1.54, 1.807) is 28.8 Å². The molecule has 4 aromatic rings. The highest BCUT2D eigenvalue weighted by Gasteiger charge is 2.12. The molecule has 0 fully saturated rings. The standard InChI is InChI=1S/C25H24ClN3O4/c1-28(2)12-13-29-21-15-19(9-11-23(21)33-25(29)31)27-24(30)16-32-22-10-8-18(14-20(22)26)17-6-4-3-5-7-17/h3-11,14-15H,12-13,16H2,1-2H3,(H,27,30). The average Bonchev–Trinajstić information content (AvgIpc) is 3.11. The highest BCUT2D eigenvalue weighted by molar-refractivity contribution is 6.32. The van der Waals surface area contributed by atoms with E-state index in [2.05, 4.69) is 5.32 Å². The molecule has 4 rings (SSSR count). The van der Waals surface area contributed by atoms with Gasteiger partial charge in [0, 0.05) is 18.8 Å². The molecule has 0 aliphatic heterocycles. The van der Waals surface area contributed by atoms with E-state index in [0.717, 1.165) is 11.1 Å². The fourth-order valence-corrected chi connectivity index (χ4v) is 3.66. The number of carbonyl (C=O) groups excluding carboxylic acids is 1. The summed E-state index contributed by atoms with van der Waals surface area (Å²) in [7, 11) is 3.86. The number of benzene rings is 3. The number of nitrogens with one attached hydrogen (secondary N) is 1. The van der Waals surface area contributed by atoms with Gasteiger partial charge < -0.3 is 19.4 Å². The molecule has 8 heteroatoms. The number of amides is 1. The molecule has 0 aliphatic carbocycles. The number of hydrogen-bond acceptors (Lipinski definition) is 5. The molecule has 0 radical (unpaired) electrons. The van der Waals surface area contributed by atoms with Gasteiger partial charge in [-0.3, -0.25) is 9.36 Å². The quantitative estimate of drug-likeness (QED) is 0.415. The highest BCUT2D eigenvalue weighted by Crippen LogP contribution is 2.30. The number of hydrogen-bond donors (Lipinski definition) is 1. The lowest BCUT2D eigenvalue weighted by molar-refractivity contribution is -0.118. The molecule has 33 heavy (non-hydrogen) atoms. The van der Waals surface area contributed by atoms with E-state index in [4.69, 9.17) is 20.8 Å². The van der Waals surface area contributed by atoms with Gasteiger partial charge in [-0.25, -0.2) is 4.79 Å². The van der Waals surface area contributed by atoms with E-state index in [-0.39, 0.29) is 12.5 Å². The van der Waals surface area contributed by atoms with Gasteiger partial charge in [0.1, 0.15) is 5.75 Å². The molecule has 170 valence electrons. The maximum atomic E-state index is 12.4. The maximum absolute atomic E-state index is 12.4. The smallest absolute Gasteiger partial charge is 0.419 e. The topological polar surface area (TPSA) is 76.7 Å². The van der Waals surface area contributed by atoms with Gasteiger partial charge in [0.2, 0.25) is 0 Å². The van der Waals surface area contributed by atoms with Crippen LogP contribution < -0.4 is 15.8 Å². The van der Waals surface area contributed by atoms with E-state index < -0.39 is 5.76 Å². The van der Waals surface area contributed by atoms with Crippen LogP contribution in [0.3, 0.4) is 0 Å². The van der Waals surface area contributed by atoms with E-state index in [9.17, 15) is 9.59 Å². The molecule has 7 nitrogen and oxygen atoms in total. The Morgan fingerprint density at radius 3 is 2.58 bits per heavy atom. The molecular formula is C25H24ClN3O4. The van der Waals surface area contributed by atoms with Crippen molar-refractivity contribution in [2.45, 2.75) is 6.54 Å². The molecule has 0 bridgehead atoms. The number of likely N-dealkylation sites (N-methyl/N-ethyl adjacent to an activating group) is 1. The summed E-state index contributed by atoms with van der Waals surface area (Å²) in [6.45, 7) is 0.959. The molecule has 1 amide bonds. The Bertz CT molecular complexity index is 1330. The Labute approximate surface area is 196 Å². The van der Waals surface area contributed by atoms with Crippen molar-refractivity contribution in [3.8, 4) is 16.9 Å². The Morgan fingerprint density at radius 1 is 1.06 bits per heavy atom. The van der Waals surface area contributed by atoms with E-state index in [1.807, 2.05) is 61.5 Å². The minimum atomic E-state index is -0.424. The molecule has 1 heterocycles. The first-order valence-corrected chi connectivity index (χ1v) is 10.8. The summed E-state index contributed by atoms with van der Waals surface area (Å²) in [6.07, 6.45) is 0. The average molecular weight is 466 g/mol. The van der Waals surface area contributed by atoms with Crippen LogP contribution in [0.4, 0.5) is 5.69 Å². The van der Waals surface area contributed by atoms with Gasteiger partial charge in [0.15, 0.2) is 12.2 Å². The molecule has 0 saturated carbocycles. The van der Waals surface area contributed by atoms with Gasteiger partial charge in [-0.1, -0.05) is 48.0 Å². The molecule has 0 atom stereocenters. The van der Waals surface area contributed by atoms with Crippen LogP contribution in [0.2, 0.25) is 5.02 Å². The summed E-state index contributed by atoms with van der Waals surface area (Å²) in [6, 6.07) is 20.4. The SMILES string of the molecule is CN(C)CCn1c(=O)oc2ccc(NC(=O)COc3ccc(-c4ccccc4)cc3Cl)cc21. The predicted molar refractivity (Wildman–Crippen MR) is 130 cm³/mol. The Hall–Kier alpha value is -3.55. The number of aromatic nitrogens is 1. The van der Waals surface area contributed by atoms with E-state index in [1.165, 1.54) is 0 Å². The maximum Gasteiger partial charge on any atom is 0.419 e. The van der Waals surface area contributed by atoms with E-state index >= 15 is 0 Å². The van der Waals surface area contributed by atoms with Crippen LogP contribution in [0.25, 0.3) is 22.2 Å². The van der Waals surface area contributed by atoms with Crippen molar-refractivity contribution in [2.24, 2.45) is 0 Å². The van der Waals surface area contributed by atoms with Gasteiger partial charge in [-0.15, -0.1) is 0 Å². The zero-order valence-corrected chi connectivity index (χ0v) is 19.1. The second-order valence-electron chi connectivity index (χ2n) is 7.85. The first-order valence-electron chi connectivity index (χ1n) is 10.5. The second kappa shape index (κ2) is 9.94. The molecular weight excluding hydrogens is 442 g/mol. The minimum Gasteiger partial charge on any atom is -0.482 e. The molecule has 0 spiro atoms. The van der Waals surface area contributed by atoms with Crippen LogP contribution in [0.5, 0.6) is 5.75 Å². The Morgan fingerprint density at radius 2 is 1.85 bits per heavy atom. The van der Waals surface area contributed by atoms with Crippen LogP contribution in [0.1, 0.15) is 0 Å². The lowest BCUT2D eigenvalue weighted by Crippen LogP contribution is -2.23. The third kappa shape index (κ3) is 5.45. The number of rotatable bonds is 8. The minimum absolute atomic E-state index is 0.207. The van der Waals surface area contributed by atoms with Crippen molar-refractivity contribution in [3.05, 3.63) is 82.3 Å². The van der Waals surface area contributed by atoms with Gasteiger partial charge in [0.25, 0.3) is 5.91 Å². The lowest BCUT2D eigenvalue weighted by atomic mass is 10.1. The number of fused-ring (bicyclic) bond motifs is 1. The fourth-order valence-electron chi connectivity index (χ4n) is 3.42. The Balaban J connectivity index is 1.41. The molecule has 0 aliphatic rings. The van der Waals surface area contributed by atoms with Crippen molar-refractivity contribution in [2.75, 3.05) is 32.6 Å². The van der Waals surface area contributed by atoms with Crippen molar-refractivity contribution < 1.29 is 13.9 Å². The van der Waals surface area contributed by atoms with Crippen LogP contribution >= 0.6 is 11.6 Å². The van der Waals surface area contributed by atoms with Crippen molar-refractivity contribution in [3.63, 3.8) is 0 Å². The van der Waals surface area contributed by atoms with Crippen LogP contribution in [0.15, 0.2) is 75.9 Å². The summed E-state index contributed by atoms with van der Waals surface area (Å²) in [4.78, 5) is 26.6. The number of halogens is 1. The summed E-state index contributed by atoms with van der Waals surface area (Å²) < 4.78 is 12.5. The van der Waals surface area contributed by atoms with Crippen molar-refractivity contribution >= 4 is 34.3 Å². The zero-order chi connectivity index (χ0) is 23.4. The monoisotopic (exact) mass is 465 g/mol. The number of oxazole rings is 1. The third-order valence-electron chi connectivity index (χ3n) is 5.12. The normalized spacial score (nSPS) is 11.2. The molecule has 3 aromatic carbocycles. The first-order chi connectivity index (χ1) is 15.9. The number of ether oxygens (including phenoxy) is 1. The number of nitrogens with zero attached hydrogens (tertiary/aromatic N) is 2. The number of carbonyl (C=O) groups is 1. The first kappa shape index (κ1) is 22.6. The molecule has 0 unspecified atom stereocenters. The second-order valence-corrected chi connectivity index (χ2v) is 8.26. The van der Waals surface area contributed by atoms with Crippen LogP contribution in [-0.2, 0) is 11.3 Å². The molecule has 1 N–H and O–H groups in total. The lowest BCUT2D eigenvalue weighted by Gasteiger charge is -2.11.